The molecule has 2 aromatic carbocycles. The van der Waals surface area contributed by atoms with E-state index in [-0.39, 0.29) is 16.9 Å². The van der Waals surface area contributed by atoms with Crippen molar-refractivity contribution in [2.45, 2.75) is 39.0 Å². The average Bonchev–Trinajstić information content (AvgIpc) is 2.69. The van der Waals surface area contributed by atoms with Crippen LogP contribution in [0.5, 0.6) is 0 Å². The molecule has 6 nitrogen and oxygen atoms in total. The maximum Gasteiger partial charge on any atom is 0.257 e. The third kappa shape index (κ3) is 7.63. The van der Waals surface area contributed by atoms with Gasteiger partial charge in [0.1, 0.15) is 0 Å². The minimum atomic E-state index is -0.265. The van der Waals surface area contributed by atoms with Crippen molar-refractivity contribution in [2.75, 3.05) is 17.2 Å². The van der Waals surface area contributed by atoms with Gasteiger partial charge in [-0.25, -0.2) is 0 Å². The van der Waals surface area contributed by atoms with Crippen molar-refractivity contribution in [3.63, 3.8) is 0 Å². The monoisotopic (exact) mass is 412 g/mol. The minimum Gasteiger partial charge on any atom is -0.332 e. The van der Waals surface area contributed by atoms with Gasteiger partial charge in [-0.2, -0.15) is 0 Å². The van der Waals surface area contributed by atoms with Gasteiger partial charge in [0.25, 0.3) is 5.91 Å². The Morgan fingerprint density at radius 2 is 1.52 bits per heavy atom. The number of carbonyl (C=O) groups excluding carboxylic acids is 2. The predicted molar refractivity (Wildman–Crippen MR) is 122 cm³/mol. The first-order valence-corrected chi connectivity index (χ1v) is 10.1. The number of benzene rings is 2. The van der Waals surface area contributed by atoms with E-state index < -0.39 is 0 Å². The van der Waals surface area contributed by atoms with Crippen molar-refractivity contribution in [3.8, 4) is 0 Å². The normalized spacial score (nSPS) is 10.5. The van der Waals surface area contributed by atoms with Gasteiger partial charge in [0.05, 0.1) is 0 Å². The summed E-state index contributed by atoms with van der Waals surface area (Å²) < 4.78 is 0. The lowest BCUT2D eigenvalue weighted by molar-refractivity contribution is -0.116. The van der Waals surface area contributed by atoms with E-state index in [0.717, 1.165) is 12.8 Å². The Morgan fingerprint density at radius 3 is 2.07 bits per heavy atom. The summed E-state index contributed by atoms with van der Waals surface area (Å²) in [5, 5.41) is 8.68. The van der Waals surface area contributed by atoms with Crippen LogP contribution in [0.3, 0.4) is 0 Å². The number of nitrogens with two attached hydrogens (primary N) is 1. The molecule has 0 heterocycles. The number of thiocarbonyl (C=S) groups is 1. The number of unbranched alkanes of at least 4 members (excludes halogenated alkanes) is 1. The number of rotatable bonds is 8. The molecule has 154 valence electrons. The van der Waals surface area contributed by atoms with Crippen molar-refractivity contribution in [1.82, 2.24) is 5.32 Å². The van der Waals surface area contributed by atoms with Crippen LogP contribution in [0.25, 0.3) is 0 Å². The first kappa shape index (κ1) is 22.5. The number of amides is 2. The summed E-state index contributed by atoms with van der Waals surface area (Å²) in [6, 6.07) is 14.6. The second-order valence-electron chi connectivity index (χ2n) is 7.06. The van der Waals surface area contributed by atoms with Crippen molar-refractivity contribution in [3.05, 3.63) is 59.7 Å². The van der Waals surface area contributed by atoms with Gasteiger partial charge in [-0.1, -0.05) is 26.0 Å². The number of hydrogen-bond donors (Lipinski definition) is 4. The molecule has 0 atom stereocenters. The lowest BCUT2D eigenvalue weighted by Gasteiger charge is -2.11. The number of nitrogens with one attached hydrogen (secondary N) is 3. The molecule has 0 radical (unpaired) electrons. The zero-order chi connectivity index (χ0) is 21.2. The Bertz CT molecular complexity index is 833. The summed E-state index contributed by atoms with van der Waals surface area (Å²) in [4.78, 5) is 24.1. The summed E-state index contributed by atoms with van der Waals surface area (Å²) in [5.74, 6) is 0.109. The van der Waals surface area contributed by atoms with Gasteiger partial charge in [-0.15, -0.1) is 0 Å². The topological polar surface area (TPSA) is 96.2 Å². The highest BCUT2D eigenvalue weighted by molar-refractivity contribution is 7.80. The van der Waals surface area contributed by atoms with Crippen LogP contribution >= 0.6 is 12.2 Å². The van der Waals surface area contributed by atoms with Gasteiger partial charge in [0.15, 0.2) is 5.11 Å². The second kappa shape index (κ2) is 11.3. The maximum absolute atomic E-state index is 12.3. The van der Waals surface area contributed by atoms with E-state index >= 15 is 0 Å². The number of anilines is 2. The lowest BCUT2D eigenvalue weighted by Crippen LogP contribution is -2.34. The first-order chi connectivity index (χ1) is 13.9. The first-order valence-electron chi connectivity index (χ1n) is 9.71. The number of hydrogen-bond acceptors (Lipinski definition) is 4. The van der Waals surface area contributed by atoms with Crippen molar-refractivity contribution in [2.24, 2.45) is 5.73 Å². The molecule has 0 spiro atoms. The van der Waals surface area contributed by atoms with E-state index in [4.69, 9.17) is 18.0 Å². The standard InChI is InChI=1S/C22H28N4O2S/c1-15(2)16-6-8-17(9-7-16)21(28)26-22(29)25-19-12-10-18(11-13-19)24-20(27)5-3-4-14-23/h6-13,15H,3-5,14,23H2,1-2H3,(H,24,27)(H2,25,26,28,29). The van der Waals surface area contributed by atoms with E-state index in [2.05, 4.69) is 29.8 Å². The van der Waals surface area contributed by atoms with Crippen LogP contribution in [0.4, 0.5) is 11.4 Å². The van der Waals surface area contributed by atoms with Crippen LogP contribution in [0.2, 0.25) is 0 Å². The van der Waals surface area contributed by atoms with Gasteiger partial charge < -0.3 is 16.4 Å². The highest BCUT2D eigenvalue weighted by Crippen LogP contribution is 2.16. The van der Waals surface area contributed by atoms with Gasteiger partial charge in [-0.3, -0.25) is 14.9 Å². The van der Waals surface area contributed by atoms with Crippen LogP contribution in [0, 0.1) is 0 Å². The lowest BCUT2D eigenvalue weighted by atomic mass is 10.0. The summed E-state index contributed by atoms with van der Waals surface area (Å²) in [5.41, 5.74) is 8.57. The molecule has 0 fully saturated rings. The minimum absolute atomic E-state index is 0.0366. The smallest absolute Gasteiger partial charge is 0.257 e. The van der Waals surface area contributed by atoms with Gasteiger partial charge in [0.2, 0.25) is 5.91 Å². The van der Waals surface area contributed by atoms with Crippen LogP contribution in [0.15, 0.2) is 48.5 Å². The predicted octanol–water partition coefficient (Wildman–Crippen LogP) is 4.00. The SMILES string of the molecule is CC(C)c1ccc(C(=O)NC(=S)Nc2ccc(NC(=O)CCCCN)cc2)cc1. The fraction of sp³-hybridized carbons (Fsp3) is 0.318. The van der Waals surface area contributed by atoms with E-state index in [9.17, 15) is 9.59 Å². The molecular weight excluding hydrogens is 384 g/mol. The Morgan fingerprint density at radius 1 is 0.931 bits per heavy atom. The number of carbonyl (C=O) groups is 2. The van der Waals surface area contributed by atoms with Crippen molar-refractivity contribution < 1.29 is 9.59 Å². The van der Waals surface area contributed by atoms with Crippen LogP contribution in [0.1, 0.15) is 54.9 Å². The van der Waals surface area contributed by atoms with Gasteiger partial charge in [-0.05, 0) is 79.5 Å². The van der Waals surface area contributed by atoms with Crippen LogP contribution < -0.4 is 21.7 Å². The van der Waals surface area contributed by atoms with Crippen molar-refractivity contribution in [1.29, 1.82) is 0 Å². The van der Waals surface area contributed by atoms with E-state index in [1.54, 1.807) is 36.4 Å². The molecule has 2 rings (SSSR count). The molecule has 0 bridgehead atoms. The molecule has 0 aliphatic carbocycles. The highest BCUT2D eigenvalue weighted by Gasteiger charge is 2.09. The van der Waals surface area contributed by atoms with E-state index in [1.165, 1.54) is 5.56 Å². The maximum atomic E-state index is 12.3. The Kier molecular flexibility index (Phi) is 8.76. The van der Waals surface area contributed by atoms with Crippen LogP contribution in [-0.4, -0.2) is 23.5 Å². The molecule has 0 aliphatic heterocycles. The van der Waals surface area contributed by atoms with Gasteiger partial charge in [0, 0.05) is 23.4 Å². The molecule has 0 saturated carbocycles. The fourth-order valence-corrected chi connectivity index (χ4v) is 2.86. The molecule has 0 saturated heterocycles. The highest BCUT2D eigenvalue weighted by atomic mass is 32.1. The molecular formula is C22H28N4O2S. The van der Waals surface area contributed by atoms with E-state index in [0.29, 0.717) is 35.8 Å². The quantitative estimate of drug-likeness (QED) is 0.388. The Balaban J connectivity index is 1.84. The molecule has 2 amide bonds. The van der Waals surface area contributed by atoms with Gasteiger partial charge >= 0.3 is 0 Å². The third-order valence-corrected chi connectivity index (χ3v) is 4.56. The second-order valence-corrected chi connectivity index (χ2v) is 7.46. The summed E-state index contributed by atoms with van der Waals surface area (Å²) >= 11 is 5.22. The molecule has 0 unspecified atom stereocenters. The fourth-order valence-electron chi connectivity index (χ4n) is 2.65. The molecule has 7 heteroatoms. The van der Waals surface area contributed by atoms with Crippen LogP contribution in [-0.2, 0) is 4.79 Å². The zero-order valence-corrected chi connectivity index (χ0v) is 17.6. The average molecular weight is 413 g/mol. The zero-order valence-electron chi connectivity index (χ0n) is 16.8. The van der Waals surface area contributed by atoms with Crippen molar-refractivity contribution >= 4 is 40.5 Å². The molecule has 29 heavy (non-hydrogen) atoms. The Labute approximate surface area is 177 Å². The molecule has 2 aromatic rings. The molecule has 5 N–H and O–H groups in total. The summed E-state index contributed by atoms with van der Waals surface area (Å²) in [6.07, 6.45) is 2.06. The molecule has 0 aliphatic rings. The largest absolute Gasteiger partial charge is 0.332 e. The van der Waals surface area contributed by atoms with E-state index in [1.807, 2.05) is 12.1 Å². The Hall–Kier alpha value is -2.77. The summed E-state index contributed by atoms with van der Waals surface area (Å²) in [6.45, 7) is 4.80. The molecule has 0 aromatic heterocycles. The third-order valence-electron chi connectivity index (χ3n) is 4.35. The summed E-state index contributed by atoms with van der Waals surface area (Å²) in [7, 11) is 0.